The van der Waals surface area contributed by atoms with Crippen LogP contribution in [0.2, 0.25) is 0 Å². The number of ether oxygens (including phenoxy) is 1. The summed E-state index contributed by atoms with van der Waals surface area (Å²) in [7, 11) is 7.45. The number of anilines is 1. The third-order valence-corrected chi connectivity index (χ3v) is 3.51. The van der Waals surface area contributed by atoms with Crippen LogP contribution in [0.25, 0.3) is 0 Å². The Hall–Kier alpha value is -2.07. The summed E-state index contributed by atoms with van der Waals surface area (Å²) in [4.78, 5) is 2.04. The Morgan fingerprint density at radius 1 is 1.14 bits per heavy atom. The monoisotopic (exact) mass is 288 g/mol. The molecule has 0 heterocycles. The Balaban J connectivity index is 2.49. The molecule has 21 heavy (non-hydrogen) atoms. The van der Waals surface area contributed by atoms with Crippen LogP contribution in [0.3, 0.4) is 0 Å². The molecule has 1 unspecified atom stereocenters. The smallest absolute Gasteiger partial charge is 0.124 e. The molecule has 1 N–H and O–H groups in total. The number of halogens is 1. The first-order valence-corrected chi connectivity index (χ1v) is 6.84. The Morgan fingerprint density at radius 3 is 2.52 bits per heavy atom. The van der Waals surface area contributed by atoms with Crippen LogP contribution in [-0.2, 0) is 0 Å². The second kappa shape index (κ2) is 6.59. The highest BCUT2D eigenvalue weighted by Crippen LogP contribution is 2.31. The minimum atomic E-state index is -0.269. The summed E-state index contributed by atoms with van der Waals surface area (Å²) in [5, 5.41) is 3.24. The number of methoxy groups -OCH3 is 1. The predicted octanol–water partition coefficient (Wildman–Crippen LogP) is 3.21. The van der Waals surface area contributed by atoms with Gasteiger partial charge in [-0.25, -0.2) is 4.39 Å². The fraction of sp³-hybridized carbons (Fsp3) is 0.294. The lowest BCUT2D eigenvalue weighted by Crippen LogP contribution is -2.19. The van der Waals surface area contributed by atoms with Gasteiger partial charge in [-0.2, -0.15) is 0 Å². The summed E-state index contributed by atoms with van der Waals surface area (Å²) in [5.74, 6) is 0.404. The summed E-state index contributed by atoms with van der Waals surface area (Å²) in [6.45, 7) is 0. The fourth-order valence-electron chi connectivity index (χ4n) is 2.42. The van der Waals surface area contributed by atoms with E-state index in [0.29, 0.717) is 5.75 Å². The molecule has 0 saturated carbocycles. The number of rotatable bonds is 5. The minimum absolute atomic E-state index is 0.129. The molecule has 0 spiro atoms. The molecule has 0 radical (unpaired) electrons. The molecule has 4 heteroatoms. The standard InChI is InChI=1S/C17H21FN2O/c1-19-17(12-6-5-7-14(10-12)20(2)3)15-11-13(18)8-9-16(15)21-4/h5-11,17,19H,1-4H3. The van der Waals surface area contributed by atoms with Gasteiger partial charge in [-0.05, 0) is 42.9 Å². The number of nitrogens with zero attached hydrogens (tertiary/aromatic N) is 1. The zero-order valence-electron chi connectivity index (χ0n) is 12.9. The lowest BCUT2D eigenvalue weighted by atomic mass is 9.97. The van der Waals surface area contributed by atoms with Crippen LogP contribution in [0.5, 0.6) is 5.75 Å². The van der Waals surface area contributed by atoms with Crippen LogP contribution in [0.4, 0.5) is 10.1 Å². The summed E-state index contributed by atoms with van der Waals surface area (Å²) in [6, 6.07) is 12.6. The first kappa shape index (κ1) is 15.3. The number of benzene rings is 2. The van der Waals surface area contributed by atoms with Crippen LogP contribution < -0.4 is 15.0 Å². The van der Waals surface area contributed by atoms with Crippen LogP contribution in [0.15, 0.2) is 42.5 Å². The van der Waals surface area contributed by atoms with E-state index in [0.717, 1.165) is 16.8 Å². The van der Waals surface area contributed by atoms with Crippen molar-refractivity contribution in [2.75, 3.05) is 33.2 Å². The molecular weight excluding hydrogens is 267 g/mol. The topological polar surface area (TPSA) is 24.5 Å². The second-order valence-corrected chi connectivity index (χ2v) is 5.10. The van der Waals surface area contributed by atoms with Gasteiger partial charge in [-0.15, -0.1) is 0 Å². The molecule has 2 rings (SSSR count). The number of hydrogen-bond acceptors (Lipinski definition) is 3. The first-order valence-electron chi connectivity index (χ1n) is 6.84. The van der Waals surface area contributed by atoms with Crippen molar-refractivity contribution in [3.8, 4) is 5.75 Å². The van der Waals surface area contributed by atoms with E-state index in [1.165, 1.54) is 12.1 Å². The second-order valence-electron chi connectivity index (χ2n) is 5.10. The molecule has 112 valence electrons. The third-order valence-electron chi connectivity index (χ3n) is 3.51. The highest BCUT2D eigenvalue weighted by molar-refractivity contribution is 5.51. The molecule has 2 aromatic rings. The van der Waals surface area contributed by atoms with Crippen molar-refractivity contribution in [2.24, 2.45) is 0 Å². The molecule has 0 aliphatic carbocycles. The van der Waals surface area contributed by atoms with Gasteiger partial charge in [0.25, 0.3) is 0 Å². The molecule has 0 fully saturated rings. The van der Waals surface area contributed by atoms with Crippen molar-refractivity contribution in [3.63, 3.8) is 0 Å². The molecule has 3 nitrogen and oxygen atoms in total. The van der Waals surface area contributed by atoms with Gasteiger partial charge in [0.15, 0.2) is 0 Å². The Kier molecular flexibility index (Phi) is 4.81. The van der Waals surface area contributed by atoms with Gasteiger partial charge >= 0.3 is 0 Å². The van der Waals surface area contributed by atoms with E-state index in [9.17, 15) is 4.39 Å². The van der Waals surface area contributed by atoms with Gasteiger partial charge in [0.2, 0.25) is 0 Å². The van der Waals surface area contributed by atoms with Gasteiger partial charge in [0.1, 0.15) is 11.6 Å². The summed E-state index contributed by atoms with van der Waals surface area (Å²) in [5.41, 5.74) is 2.95. The molecule has 0 aromatic heterocycles. The normalized spacial score (nSPS) is 12.0. The molecule has 0 saturated heterocycles. The maximum Gasteiger partial charge on any atom is 0.124 e. The van der Waals surface area contributed by atoms with E-state index in [4.69, 9.17) is 4.74 Å². The molecule has 0 aliphatic heterocycles. The molecule has 1 atom stereocenters. The van der Waals surface area contributed by atoms with Crippen molar-refractivity contribution in [1.82, 2.24) is 5.32 Å². The van der Waals surface area contributed by atoms with Crippen LogP contribution >= 0.6 is 0 Å². The summed E-state index contributed by atoms with van der Waals surface area (Å²) >= 11 is 0. The number of nitrogens with one attached hydrogen (secondary N) is 1. The SMILES string of the molecule is CNC(c1cccc(N(C)C)c1)c1cc(F)ccc1OC. The van der Waals surface area contributed by atoms with Crippen molar-refractivity contribution >= 4 is 5.69 Å². The average molecular weight is 288 g/mol. The van der Waals surface area contributed by atoms with E-state index in [1.54, 1.807) is 13.2 Å². The van der Waals surface area contributed by atoms with Crippen LogP contribution in [0, 0.1) is 5.82 Å². The van der Waals surface area contributed by atoms with Gasteiger partial charge in [0.05, 0.1) is 13.2 Å². The third kappa shape index (κ3) is 3.34. The van der Waals surface area contributed by atoms with E-state index < -0.39 is 0 Å². The Bertz CT molecular complexity index is 613. The van der Waals surface area contributed by atoms with Crippen molar-refractivity contribution in [1.29, 1.82) is 0 Å². The average Bonchev–Trinajstić information content (AvgIpc) is 2.48. The van der Waals surface area contributed by atoms with E-state index in [-0.39, 0.29) is 11.9 Å². The zero-order chi connectivity index (χ0) is 15.4. The van der Waals surface area contributed by atoms with Crippen molar-refractivity contribution < 1.29 is 9.13 Å². The van der Waals surface area contributed by atoms with E-state index >= 15 is 0 Å². The number of hydrogen-bond donors (Lipinski definition) is 1. The van der Waals surface area contributed by atoms with Crippen LogP contribution in [0.1, 0.15) is 17.2 Å². The van der Waals surface area contributed by atoms with E-state index in [2.05, 4.69) is 11.4 Å². The minimum Gasteiger partial charge on any atom is -0.496 e. The summed E-state index contributed by atoms with van der Waals surface area (Å²) in [6.07, 6.45) is 0. The molecular formula is C17H21FN2O. The maximum absolute atomic E-state index is 13.6. The lowest BCUT2D eigenvalue weighted by molar-refractivity contribution is 0.404. The van der Waals surface area contributed by atoms with Gasteiger partial charge < -0.3 is 15.0 Å². The molecule has 0 bridgehead atoms. The van der Waals surface area contributed by atoms with Gasteiger partial charge in [-0.1, -0.05) is 12.1 Å². The molecule has 0 aliphatic rings. The van der Waals surface area contributed by atoms with Crippen molar-refractivity contribution in [3.05, 3.63) is 59.4 Å². The Morgan fingerprint density at radius 2 is 1.90 bits per heavy atom. The van der Waals surface area contributed by atoms with E-state index in [1.807, 2.05) is 44.2 Å². The van der Waals surface area contributed by atoms with Crippen molar-refractivity contribution in [2.45, 2.75) is 6.04 Å². The largest absolute Gasteiger partial charge is 0.496 e. The highest BCUT2D eigenvalue weighted by atomic mass is 19.1. The van der Waals surface area contributed by atoms with Gasteiger partial charge in [-0.3, -0.25) is 0 Å². The van der Waals surface area contributed by atoms with Crippen LogP contribution in [-0.4, -0.2) is 28.3 Å². The molecule has 0 amide bonds. The zero-order valence-corrected chi connectivity index (χ0v) is 12.9. The first-order chi connectivity index (χ1) is 10.1. The quantitative estimate of drug-likeness (QED) is 0.914. The predicted molar refractivity (Wildman–Crippen MR) is 84.6 cm³/mol. The fourth-order valence-corrected chi connectivity index (χ4v) is 2.42. The summed E-state index contributed by atoms with van der Waals surface area (Å²) < 4.78 is 19.0. The Labute approximate surface area is 125 Å². The lowest BCUT2D eigenvalue weighted by Gasteiger charge is -2.22. The maximum atomic E-state index is 13.6. The van der Waals surface area contributed by atoms with Gasteiger partial charge in [0, 0.05) is 25.3 Å². The highest BCUT2D eigenvalue weighted by Gasteiger charge is 2.18. The molecule has 2 aromatic carbocycles.